The van der Waals surface area contributed by atoms with Gasteiger partial charge in [0, 0.05) is 18.1 Å². The van der Waals surface area contributed by atoms with E-state index in [0.717, 1.165) is 12.8 Å². The van der Waals surface area contributed by atoms with Crippen molar-refractivity contribution in [2.75, 3.05) is 6.54 Å². The highest BCUT2D eigenvalue weighted by Crippen LogP contribution is 2.18. The zero-order chi connectivity index (χ0) is 16.2. The van der Waals surface area contributed by atoms with Crippen molar-refractivity contribution >= 4 is 17.9 Å². The first kappa shape index (κ1) is 17.3. The second kappa shape index (κ2) is 6.78. The van der Waals surface area contributed by atoms with Crippen LogP contribution in [-0.2, 0) is 9.59 Å². The van der Waals surface area contributed by atoms with Crippen molar-refractivity contribution < 1.29 is 19.5 Å². The highest BCUT2D eigenvalue weighted by atomic mass is 16.4. The predicted octanol–water partition coefficient (Wildman–Crippen LogP) is 0.938. The highest BCUT2D eigenvalue weighted by molar-refractivity contribution is 5.87. The van der Waals surface area contributed by atoms with E-state index < -0.39 is 23.6 Å². The Kier molecular flexibility index (Phi) is 5.57. The second-order valence-corrected chi connectivity index (χ2v) is 6.42. The van der Waals surface area contributed by atoms with E-state index in [-0.39, 0.29) is 24.9 Å². The number of rotatable bonds is 6. The van der Waals surface area contributed by atoms with E-state index in [1.54, 1.807) is 6.92 Å². The van der Waals surface area contributed by atoms with Crippen LogP contribution in [0.3, 0.4) is 0 Å². The van der Waals surface area contributed by atoms with Gasteiger partial charge in [0.1, 0.15) is 6.04 Å². The third-order valence-corrected chi connectivity index (χ3v) is 3.26. The number of carbonyl (C=O) groups excluding carboxylic acids is 2. The molecule has 1 atom stereocenters. The summed E-state index contributed by atoms with van der Waals surface area (Å²) in [6.07, 6.45) is 1.84. The molecule has 1 aliphatic carbocycles. The number of hydrogen-bond acceptors (Lipinski definition) is 3. The quantitative estimate of drug-likeness (QED) is 0.679. The monoisotopic (exact) mass is 299 g/mol. The van der Waals surface area contributed by atoms with Crippen LogP contribution in [0.4, 0.5) is 4.79 Å². The summed E-state index contributed by atoms with van der Waals surface area (Å²) in [5.41, 5.74) is -0.522. The molecule has 0 aromatic rings. The summed E-state index contributed by atoms with van der Waals surface area (Å²) in [7, 11) is 0. The summed E-state index contributed by atoms with van der Waals surface area (Å²) in [4.78, 5) is 36.2. The Balaban J connectivity index is 2.57. The normalized spacial score (nSPS) is 16.0. The summed E-state index contributed by atoms with van der Waals surface area (Å²) in [5, 5.41) is 14.2. The van der Waals surface area contributed by atoms with E-state index in [9.17, 15) is 14.4 Å². The molecular formula is C14H25N3O4. The van der Waals surface area contributed by atoms with Gasteiger partial charge >= 0.3 is 12.0 Å². The Morgan fingerprint density at radius 2 is 1.86 bits per heavy atom. The number of carboxylic acid groups (broad SMARTS) is 1. The first-order valence-corrected chi connectivity index (χ1v) is 7.21. The van der Waals surface area contributed by atoms with Crippen LogP contribution in [-0.4, -0.2) is 52.1 Å². The number of aliphatic carboxylic acids is 1. The summed E-state index contributed by atoms with van der Waals surface area (Å²) < 4.78 is 0. The van der Waals surface area contributed by atoms with Gasteiger partial charge in [-0.3, -0.25) is 9.59 Å². The molecule has 3 N–H and O–H groups in total. The van der Waals surface area contributed by atoms with E-state index in [1.807, 2.05) is 20.8 Å². The van der Waals surface area contributed by atoms with E-state index in [4.69, 9.17) is 5.11 Å². The molecule has 3 amide bonds. The molecule has 0 saturated heterocycles. The molecule has 1 aliphatic rings. The molecule has 0 heterocycles. The van der Waals surface area contributed by atoms with Gasteiger partial charge in [-0.25, -0.2) is 4.79 Å². The van der Waals surface area contributed by atoms with Crippen molar-refractivity contribution in [2.24, 2.45) is 0 Å². The summed E-state index contributed by atoms with van der Waals surface area (Å²) in [5.74, 6) is -1.17. The Morgan fingerprint density at radius 3 is 2.29 bits per heavy atom. The Bertz CT molecular complexity index is 413. The van der Waals surface area contributed by atoms with Crippen molar-refractivity contribution in [1.82, 2.24) is 15.5 Å². The molecule has 120 valence electrons. The standard InChI is InChI=1S/C14H25N3O4/c1-9(12(20)16-10-5-6-10)15-13(21)17(14(2,3)4)8-7-11(18)19/h9-10H,5-8H2,1-4H3,(H,15,21)(H,16,20)(H,18,19). The molecule has 1 fully saturated rings. The SMILES string of the molecule is CC(NC(=O)N(CCC(=O)O)C(C)(C)C)C(=O)NC1CC1. The van der Waals surface area contributed by atoms with Gasteiger partial charge in [0.05, 0.1) is 6.42 Å². The number of urea groups is 1. The fourth-order valence-corrected chi connectivity index (χ4v) is 1.83. The number of carbonyl (C=O) groups is 3. The molecule has 7 heteroatoms. The molecule has 1 unspecified atom stereocenters. The molecule has 0 aromatic carbocycles. The van der Waals surface area contributed by atoms with Crippen LogP contribution < -0.4 is 10.6 Å². The van der Waals surface area contributed by atoms with Crippen LogP contribution >= 0.6 is 0 Å². The van der Waals surface area contributed by atoms with Gasteiger partial charge in [-0.15, -0.1) is 0 Å². The van der Waals surface area contributed by atoms with Gasteiger partial charge in [0.2, 0.25) is 5.91 Å². The number of nitrogens with zero attached hydrogens (tertiary/aromatic N) is 1. The fraction of sp³-hybridized carbons (Fsp3) is 0.786. The summed E-state index contributed by atoms with van der Waals surface area (Å²) in [6.45, 7) is 7.19. The third kappa shape index (κ3) is 6.01. The first-order valence-electron chi connectivity index (χ1n) is 7.21. The predicted molar refractivity (Wildman–Crippen MR) is 77.9 cm³/mol. The summed E-state index contributed by atoms with van der Waals surface area (Å²) in [6, 6.07) is -0.836. The maximum Gasteiger partial charge on any atom is 0.318 e. The van der Waals surface area contributed by atoms with Crippen molar-refractivity contribution in [3.8, 4) is 0 Å². The van der Waals surface area contributed by atoms with Crippen molar-refractivity contribution in [3.63, 3.8) is 0 Å². The van der Waals surface area contributed by atoms with E-state index in [1.165, 1.54) is 4.90 Å². The number of amides is 3. The van der Waals surface area contributed by atoms with Gasteiger partial charge < -0.3 is 20.6 Å². The topological polar surface area (TPSA) is 98.7 Å². The van der Waals surface area contributed by atoms with Gasteiger partial charge in [-0.1, -0.05) is 0 Å². The second-order valence-electron chi connectivity index (χ2n) is 6.42. The van der Waals surface area contributed by atoms with Gasteiger partial charge in [-0.05, 0) is 40.5 Å². The van der Waals surface area contributed by atoms with Gasteiger partial charge in [0.15, 0.2) is 0 Å². The lowest BCUT2D eigenvalue weighted by Crippen LogP contribution is -2.55. The van der Waals surface area contributed by atoms with Gasteiger partial charge in [-0.2, -0.15) is 0 Å². The average molecular weight is 299 g/mol. The average Bonchev–Trinajstić information content (AvgIpc) is 3.10. The van der Waals surface area contributed by atoms with Gasteiger partial charge in [0.25, 0.3) is 0 Å². The van der Waals surface area contributed by atoms with Crippen LogP contribution in [0.1, 0.15) is 47.0 Å². The van der Waals surface area contributed by atoms with E-state index in [0.29, 0.717) is 0 Å². The molecule has 1 saturated carbocycles. The molecule has 0 radical (unpaired) electrons. The third-order valence-electron chi connectivity index (χ3n) is 3.26. The van der Waals surface area contributed by atoms with Crippen LogP contribution in [0.2, 0.25) is 0 Å². The molecule has 0 bridgehead atoms. The fourth-order valence-electron chi connectivity index (χ4n) is 1.83. The molecule has 7 nitrogen and oxygen atoms in total. The minimum Gasteiger partial charge on any atom is -0.481 e. The molecule has 1 rings (SSSR count). The molecule has 21 heavy (non-hydrogen) atoms. The smallest absolute Gasteiger partial charge is 0.318 e. The van der Waals surface area contributed by atoms with Crippen molar-refractivity contribution in [3.05, 3.63) is 0 Å². The van der Waals surface area contributed by atoms with Crippen LogP contribution in [0.5, 0.6) is 0 Å². The lowest BCUT2D eigenvalue weighted by Gasteiger charge is -2.36. The minimum absolute atomic E-state index is 0.0988. The van der Waals surface area contributed by atoms with E-state index >= 15 is 0 Å². The molecular weight excluding hydrogens is 274 g/mol. The molecule has 0 aromatic heterocycles. The highest BCUT2D eigenvalue weighted by Gasteiger charge is 2.30. The van der Waals surface area contributed by atoms with Crippen LogP contribution in [0.25, 0.3) is 0 Å². The number of nitrogens with one attached hydrogen (secondary N) is 2. The zero-order valence-corrected chi connectivity index (χ0v) is 13.1. The number of hydrogen-bond donors (Lipinski definition) is 3. The van der Waals surface area contributed by atoms with Crippen molar-refractivity contribution in [1.29, 1.82) is 0 Å². The van der Waals surface area contributed by atoms with Crippen LogP contribution in [0, 0.1) is 0 Å². The van der Waals surface area contributed by atoms with Crippen LogP contribution in [0.15, 0.2) is 0 Å². The Labute approximate surface area is 125 Å². The Morgan fingerprint density at radius 1 is 1.29 bits per heavy atom. The first-order chi connectivity index (χ1) is 9.61. The zero-order valence-electron chi connectivity index (χ0n) is 13.1. The van der Waals surface area contributed by atoms with Crippen molar-refractivity contribution in [2.45, 2.75) is 64.6 Å². The lowest BCUT2D eigenvalue weighted by molar-refractivity contribution is -0.137. The summed E-state index contributed by atoms with van der Waals surface area (Å²) >= 11 is 0. The maximum atomic E-state index is 12.3. The molecule has 0 aliphatic heterocycles. The largest absolute Gasteiger partial charge is 0.481 e. The Hall–Kier alpha value is -1.79. The minimum atomic E-state index is -0.962. The van der Waals surface area contributed by atoms with E-state index in [2.05, 4.69) is 10.6 Å². The number of carboxylic acids is 1. The maximum absolute atomic E-state index is 12.3. The molecule has 0 spiro atoms. The lowest BCUT2D eigenvalue weighted by atomic mass is 10.1.